The summed E-state index contributed by atoms with van der Waals surface area (Å²) >= 11 is 13.4. The van der Waals surface area contributed by atoms with Crippen molar-refractivity contribution in [1.82, 2.24) is 0 Å². The van der Waals surface area contributed by atoms with Crippen LogP contribution in [0.25, 0.3) is 0 Å². The van der Waals surface area contributed by atoms with Crippen LogP contribution in [-0.4, -0.2) is 11.8 Å². The highest BCUT2D eigenvalue weighted by molar-refractivity contribution is 14.1. The number of hydrogen-bond acceptors (Lipinski definition) is 5. The van der Waals surface area contributed by atoms with Gasteiger partial charge in [-0.05, 0) is 192 Å². The Balaban J connectivity index is 2.14. The van der Waals surface area contributed by atoms with Gasteiger partial charge < -0.3 is 16.2 Å². The fourth-order valence-electron chi connectivity index (χ4n) is 5.75. The van der Waals surface area contributed by atoms with Gasteiger partial charge in [0.15, 0.2) is 5.75 Å². The average Bonchev–Trinajstić information content (AvgIpc) is 3.05. The van der Waals surface area contributed by atoms with Crippen molar-refractivity contribution >= 4 is 159 Å². The third-order valence-corrected chi connectivity index (χ3v) is 14.2. The zero-order valence-corrected chi connectivity index (χ0v) is 41.1. The maximum absolute atomic E-state index is 14.2. The Kier molecular flexibility index (Phi) is 24.0. The second-order valence-electron chi connectivity index (χ2n) is 12.3. The molecule has 0 heterocycles. The van der Waals surface area contributed by atoms with Crippen LogP contribution in [-0.2, 0) is 9.59 Å². The maximum atomic E-state index is 14.2. The summed E-state index contributed by atoms with van der Waals surface area (Å²) in [6.45, 7) is 4.39. The molecule has 4 N–H and O–H groups in total. The number of benzene rings is 2. The summed E-state index contributed by atoms with van der Waals surface area (Å²) in [5.41, 5.74) is 15.1. The van der Waals surface area contributed by atoms with Crippen molar-refractivity contribution in [3.05, 3.63) is 51.3 Å². The Morgan fingerprint density at radius 1 is 0.667 bits per heavy atom. The number of anilines is 2. The summed E-state index contributed by atoms with van der Waals surface area (Å²) in [5, 5.41) is 0. The fourth-order valence-corrected chi connectivity index (χ4v) is 13.5. The number of carbonyl (C=O) groups excluding carboxylic acids is 2. The first kappa shape index (κ1) is 45.5. The predicted octanol–water partition coefficient (Wildman–Crippen LogP) is 13.6. The number of carbonyl (C=O) groups is 2. The van der Waals surface area contributed by atoms with Gasteiger partial charge in [-0.1, -0.05) is 90.2 Å². The molecule has 48 heavy (non-hydrogen) atoms. The van der Waals surface area contributed by atoms with Crippen LogP contribution in [0.5, 0.6) is 5.75 Å². The molecule has 268 valence electrons. The summed E-state index contributed by atoms with van der Waals surface area (Å²) in [7, 11) is 0. The number of allylic oxidation sites excluding steroid dienone is 2. The first-order valence-electron chi connectivity index (χ1n) is 17.2. The van der Waals surface area contributed by atoms with Crippen LogP contribution in [0.4, 0.5) is 11.4 Å². The Hall–Kier alpha value is 1.30. The normalized spacial score (nSPS) is 12.8. The van der Waals surface area contributed by atoms with E-state index >= 15 is 0 Å². The zero-order chi connectivity index (χ0) is 35.6. The molecule has 0 saturated carbocycles. The number of ether oxygens (including phenoxy) is 1. The van der Waals surface area contributed by atoms with Gasteiger partial charge in [-0.2, -0.15) is 0 Å². The quantitative estimate of drug-likeness (QED) is 0.0220. The molecule has 2 aromatic rings. The molecule has 0 aliphatic heterocycles. The topological polar surface area (TPSA) is 95.4 Å². The van der Waals surface area contributed by atoms with E-state index in [4.69, 9.17) is 16.2 Å². The lowest BCUT2D eigenvalue weighted by Crippen LogP contribution is -2.35. The molecule has 0 amide bonds. The van der Waals surface area contributed by atoms with Crippen LogP contribution >= 0.6 is 136 Å². The molecular weight excluding hydrogens is 1280 g/mol. The smallest absolute Gasteiger partial charge is 0.322 e. The van der Waals surface area contributed by atoms with Crippen LogP contribution in [0.1, 0.15) is 134 Å². The molecular formula is C37H50I6N2O3. The molecule has 2 atom stereocenters. The van der Waals surface area contributed by atoms with Crippen LogP contribution < -0.4 is 16.2 Å². The highest BCUT2D eigenvalue weighted by Crippen LogP contribution is 2.42. The Labute approximate surface area is 371 Å². The number of nitrogen functional groups attached to an aromatic ring is 2. The summed E-state index contributed by atoms with van der Waals surface area (Å²) in [6, 6.07) is 3.96. The summed E-state index contributed by atoms with van der Waals surface area (Å²) in [5.74, 6) is -1.39. The minimum atomic E-state index is -0.929. The summed E-state index contributed by atoms with van der Waals surface area (Å²) in [6.07, 6.45) is 23.1. The highest BCUT2D eigenvalue weighted by atomic mass is 127. The molecule has 5 nitrogen and oxygen atoms in total. The van der Waals surface area contributed by atoms with E-state index in [-0.39, 0.29) is 11.7 Å². The summed E-state index contributed by atoms with van der Waals surface area (Å²) in [4.78, 5) is 28.4. The van der Waals surface area contributed by atoms with Crippen molar-refractivity contribution in [2.75, 3.05) is 11.5 Å². The third kappa shape index (κ3) is 15.0. The number of unbranched alkanes of at least 4 members (excludes halogenated alkanes) is 12. The third-order valence-electron chi connectivity index (χ3n) is 8.53. The molecule has 0 bridgehead atoms. The van der Waals surface area contributed by atoms with Gasteiger partial charge >= 0.3 is 5.97 Å². The molecule has 0 radical (unpaired) electrons. The predicted molar refractivity (Wildman–Crippen MR) is 254 cm³/mol. The van der Waals surface area contributed by atoms with E-state index in [1.54, 1.807) is 0 Å². The average molecular weight is 1330 g/mol. The Morgan fingerprint density at radius 3 is 1.75 bits per heavy atom. The molecule has 0 aliphatic rings. The van der Waals surface area contributed by atoms with Gasteiger partial charge in [0.05, 0.1) is 18.5 Å². The van der Waals surface area contributed by atoms with E-state index in [2.05, 4.69) is 168 Å². The second kappa shape index (κ2) is 25.3. The van der Waals surface area contributed by atoms with Crippen LogP contribution in [0.2, 0.25) is 0 Å². The first-order chi connectivity index (χ1) is 23.0. The molecule has 11 heteroatoms. The van der Waals surface area contributed by atoms with Gasteiger partial charge in [-0.25, -0.2) is 0 Å². The lowest BCUT2D eigenvalue weighted by atomic mass is 9.78. The van der Waals surface area contributed by atoms with Gasteiger partial charge in [0.2, 0.25) is 0 Å². The van der Waals surface area contributed by atoms with Gasteiger partial charge in [-0.15, -0.1) is 0 Å². The lowest BCUT2D eigenvalue weighted by Gasteiger charge is -2.28. The van der Waals surface area contributed by atoms with Crippen LogP contribution in [0.3, 0.4) is 0 Å². The number of Topliss-reactive ketones (excluding diaryl/α,β-unsaturated/α-hetero) is 1. The van der Waals surface area contributed by atoms with E-state index in [1.165, 1.54) is 51.4 Å². The molecule has 2 unspecified atom stereocenters. The Bertz CT molecular complexity index is 1370. The SMILES string of the molecule is CCCCCCCC/C=C\CCCCCCCC(=O)C(C(=O)Oc1c(I)cc(I)c(N)c1I)C(CCCC)c1c(I)cc(I)c(N)c1I. The molecule has 0 fully saturated rings. The largest absolute Gasteiger partial charge is 0.424 e. The molecule has 2 rings (SSSR count). The number of halogens is 6. The number of ketones is 1. The number of esters is 1. The van der Waals surface area contributed by atoms with Gasteiger partial charge in [0, 0.05) is 26.6 Å². The van der Waals surface area contributed by atoms with E-state index in [9.17, 15) is 9.59 Å². The van der Waals surface area contributed by atoms with Crippen LogP contribution in [0.15, 0.2) is 24.3 Å². The van der Waals surface area contributed by atoms with Gasteiger partial charge in [0.25, 0.3) is 0 Å². The molecule has 0 spiro atoms. The minimum Gasteiger partial charge on any atom is -0.424 e. The molecule has 0 saturated heterocycles. The molecule has 0 aromatic heterocycles. The highest BCUT2D eigenvalue weighted by Gasteiger charge is 2.39. The second-order valence-corrected chi connectivity index (χ2v) is 19.1. The van der Waals surface area contributed by atoms with Crippen molar-refractivity contribution in [2.45, 2.75) is 129 Å². The monoisotopic (exact) mass is 1330 g/mol. The maximum Gasteiger partial charge on any atom is 0.322 e. The Morgan fingerprint density at radius 2 is 1.17 bits per heavy atom. The van der Waals surface area contributed by atoms with Crippen LogP contribution in [0, 0.1) is 27.3 Å². The molecule has 2 aromatic carbocycles. The number of hydrogen-bond donors (Lipinski definition) is 2. The lowest BCUT2D eigenvalue weighted by molar-refractivity contribution is -0.145. The van der Waals surface area contributed by atoms with Gasteiger partial charge in [-0.3, -0.25) is 9.59 Å². The van der Waals surface area contributed by atoms with Gasteiger partial charge in [0.1, 0.15) is 11.7 Å². The number of rotatable bonds is 23. The van der Waals surface area contributed by atoms with E-state index < -0.39 is 11.9 Å². The van der Waals surface area contributed by atoms with E-state index in [0.29, 0.717) is 33.5 Å². The fraction of sp³-hybridized carbons (Fsp3) is 0.568. The van der Waals surface area contributed by atoms with E-state index in [1.807, 2.05) is 6.07 Å². The number of nitrogens with two attached hydrogens (primary N) is 2. The van der Waals surface area contributed by atoms with Crippen molar-refractivity contribution in [3.8, 4) is 5.75 Å². The van der Waals surface area contributed by atoms with Crippen molar-refractivity contribution in [2.24, 2.45) is 5.92 Å². The standard InChI is InChI=1S/C37H50I6N2O3/c1-3-5-7-8-9-10-11-12-13-14-15-16-17-18-19-21-29(46)31(37(47)48-36-28(41)23-27(40)35(45)33(36)43)24(20-6-4-2)30-25(38)22-26(39)34(44)32(30)42/h12-13,22-24,31H,3-11,14-21,44-45H2,1-2H3/b13-12-. The first-order valence-corrected chi connectivity index (χ1v) is 23.7. The molecule has 0 aliphatic carbocycles. The zero-order valence-electron chi connectivity index (χ0n) is 28.1. The van der Waals surface area contributed by atoms with Crippen molar-refractivity contribution < 1.29 is 14.3 Å². The van der Waals surface area contributed by atoms with Crippen molar-refractivity contribution in [1.29, 1.82) is 0 Å². The van der Waals surface area contributed by atoms with E-state index in [0.717, 1.165) is 68.4 Å². The van der Waals surface area contributed by atoms with Crippen molar-refractivity contribution in [3.63, 3.8) is 0 Å². The minimum absolute atomic E-state index is 0.0500. The summed E-state index contributed by atoms with van der Waals surface area (Å²) < 4.78 is 11.4.